The molecule has 0 spiro atoms. The van der Waals surface area contributed by atoms with Crippen LogP contribution >= 0.6 is 11.3 Å². The molecule has 3 aliphatic heterocycles. The summed E-state index contributed by atoms with van der Waals surface area (Å²) in [6.45, 7) is 5.41. The molecule has 5 heterocycles. The van der Waals surface area contributed by atoms with Crippen LogP contribution in [0.25, 0.3) is 22.3 Å². The van der Waals surface area contributed by atoms with Crippen LogP contribution in [0.5, 0.6) is 11.5 Å². The number of fused-ring (bicyclic) bond motifs is 3. The van der Waals surface area contributed by atoms with Gasteiger partial charge < -0.3 is 24.6 Å². The fourth-order valence-electron chi connectivity index (χ4n) is 9.18. The Balaban J connectivity index is 1.14. The third-order valence-corrected chi connectivity index (χ3v) is 16.0. The Morgan fingerprint density at radius 1 is 1.06 bits per heavy atom. The van der Waals surface area contributed by atoms with Crippen LogP contribution in [0, 0.1) is 18.8 Å². The van der Waals surface area contributed by atoms with E-state index in [1.807, 2.05) is 36.6 Å². The van der Waals surface area contributed by atoms with Crippen LogP contribution in [-0.4, -0.2) is 107 Å². The number of hydrogen-bond donors (Lipinski definition) is 2. The molecule has 63 heavy (non-hydrogen) atoms. The van der Waals surface area contributed by atoms with Crippen LogP contribution in [0.15, 0.2) is 35.7 Å². The Labute approximate surface area is 370 Å². The minimum atomic E-state index is -3.95. The van der Waals surface area contributed by atoms with E-state index in [1.54, 1.807) is 13.2 Å². The lowest BCUT2D eigenvalue weighted by Crippen LogP contribution is -2.57. The molecule has 2 saturated carbocycles. The Kier molecular flexibility index (Phi) is 12.6. The van der Waals surface area contributed by atoms with Gasteiger partial charge in [-0.3, -0.25) is 23.9 Å². The molecule has 5 atom stereocenters. The monoisotopic (exact) mass is 910 g/mol. The van der Waals surface area contributed by atoms with Crippen molar-refractivity contribution in [3.63, 3.8) is 0 Å². The molecule has 18 heteroatoms. The molecule has 0 radical (unpaired) electrons. The Morgan fingerprint density at radius 2 is 1.86 bits per heavy atom. The number of nitrogens with zero attached hydrogens (tertiary/aromatic N) is 4. The normalized spacial score (nSPS) is 27.2. The minimum Gasteiger partial charge on any atom is -0.496 e. The first-order valence-electron chi connectivity index (χ1n) is 22.1. The number of ether oxygens (including phenoxy) is 2. The molecule has 4 fully saturated rings. The van der Waals surface area contributed by atoms with Crippen molar-refractivity contribution in [2.24, 2.45) is 11.8 Å². The van der Waals surface area contributed by atoms with Gasteiger partial charge in [0.2, 0.25) is 27.7 Å². The predicted octanol–water partition coefficient (Wildman–Crippen LogP) is 6.41. The number of benzene rings is 1. The SMILES string of the molecule is COc1ccc2c(O[C@@H]3C[C@H]4C(=O)N[C@]5(C(=O)NS(=O)(=O)C6CC6)CC5/C=C\CCCCC[C@H](CC(=O)N5CCCC(F)(F)C5)C(=O)N4C3)cc(-c3csc(C(C)C)n3)nc2c1C. The van der Waals surface area contributed by atoms with Gasteiger partial charge in [-0.2, -0.15) is 0 Å². The molecule has 2 aliphatic carbocycles. The van der Waals surface area contributed by atoms with Crippen LogP contribution in [0.3, 0.4) is 0 Å². The first kappa shape index (κ1) is 44.9. The summed E-state index contributed by atoms with van der Waals surface area (Å²) >= 11 is 1.53. The number of aromatic nitrogens is 2. The number of allylic oxidation sites excluding steroid dienone is 1. The zero-order chi connectivity index (χ0) is 44.8. The summed E-state index contributed by atoms with van der Waals surface area (Å²) < 4.78 is 69.6. The molecular weight excluding hydrogens is 855 g/mol. The number of pyridine rings is 1. The predicted molar refractivity (Wildman–Crippen MR) is 233 cm³/mol. The fourth-order valence-corrected chi connectivity index (χ4v) is 11.4. The van der Waals surface area contributed by atoms with Gasteiger partial charge in [-0.15, -0.1) is 11.3 Å². The number of carbonyl (C=O) groups excluding carboxylic acids is 4. The first-order valence-corrected chi connectivity index (χ1v) is 24.5. The average Bonchev–Trinajstić information content (AvgIpc) is 4.11. The van der Waals surface area contributed by atoms with Crippen molar-refractivity contribution in [1.82, 2.24) is 29.8 Å². The zero-order valence-corrected chi connectivity index (χ0v) is 37.8. The lowest BCUT2D eigenvalue weighted by molar-refractivity contribution is -0.148. The average molecular weight is 911 g/mol. The van der Waals surface area contributed by atoms with Gasteiger partial charge in [0.1, 0.15) is 29.2 Å². The number of halogens is 2. The molecule has 1 aromatic carbocycles. The number of methoxy groups -OCH3 is 1. The maximum absolute atomic E-state index is 14.9. The van der Waals surface area contributed by atoms with E-state index in [-0.39, 0.29) is 51.1 Å². The Morgan fingerprint density at radius 3 is 2.57 bits per heavy atom. The number of piperidine rings is 1. The van der Waals surface area contributed by atoms with Crippen molar-refractivity contribution in [2.75, 3.05) is 26.7 Å². The summed E-state index contributed by atoms with van der Waals surface area (Å²) in [6, 6.07) is 4.27. The second kappa shape index (κ2) is 17.7. The van der Waals surface area contributed by atoms with E-state index in [9.17, 15) is 36.4 Å². The molecule has 340 valence electrons. The van der Waals surface area contributed by atoms with Crippen molar-refractivity contribution in [3.8, 4) is 22.9 Å². The molecular formula is C45H56F2N6O8S2. The van der Waals surface area contributed by atoms with Crippen LogP contribution in [0.2, 0.25) is 0 Å². The number of likely N-dealkylation sites (tertiary alicyclic amines) is 1. The number of alkyl halides is 2. The number of nitrogens with one attached hydrogen (secondary N) is 2. The first-order chi connectivity index (χ1) is 30.0. The Hall–Kier alpha value is -4.71. The second-order valence-electron chi connectivity index (χ2n) is 18.2. The van der Waals surface area contributed by atoms with Crippen molar-refractivity contribution in [2.45, 2.75) is 133 Å². The summed E-state index contributed by atoms with van der Waals surface area (Å²) in [5.74, 6) is -5.67. The lowest BCUT2D eigenvalue weighted by Gasteiger charge is -2.34. The summed E-state index contributed by atoms with van der Waals surface area (Å²) in [7, 11) is -2.37. The van der Waals surface area contributed by atoms with E-state index in [0.29, 0.717) is 72.3 Å². The molecule has 4 amide bonds. The van der Waals surface area contributed by atoms with Crippen molar-refractivity contribution >= 4 is 55.9 Å². The van der Waals surface area contributed by atoms with Crippen molar-refractivity contribution < 1.29 is 45.9 Å². The molecule has 5 aliphatic rings. The highest BCUT2D eigenvalue weighted by Gasteiger charge is 2.62. The van der Waals surface area contributed by atoms with Gasteiger partial charge in [-0.25, -0.2) is 27.2 Å². The number of amides is 4. The van der Waals surface area contributed by atoms with Crippen LogP contribution < -0.4 is 19.5 Å². The number of sulfonamides is 1. The number of rotatable bonds is 10. The Bertz CT molecular complexity index is 2420. The molecule has 1 unspecified atom stereocenters. The number of hydrogen-bond acceptors (Lipinski definition) is 11. The zero-order valence-electron chi connectivity index (χ0n) is 36.2. The largest absolute Gasteiger partial charge is 0.496 e. The van der Waals surface area contributed by atoms with E-state index in [4.69, 9.17) is 19.4 Å². The van der Waals surface area contributed by atoms with Gasteiger partial charge in [0.15, 0.2) is 0 Å². The van der Waals surface area contributed by atoms with Gasteiger partial charge in [0.05, 0.1) is 47.4 Å². The second-order valence-corrected chi connectivity index (χ2v) is 21.0. The number of thiazole rings is 1. The summed E-state index contributed by atoms with van der Waals surface area (Å²) in [5.41, 5.74) is 1.04. The molecule has 2 N–H and O–H groups in total. The molecule has 3 aromatic rings. The van der Waals surface area contributed by atoms with Gasteiger partial charge >= 0.3 is 0 Å². The smallest absolute Gasteiger partial charge is 0.265 e. The van der Waals surface area contributed by atoms with E-state index in [2.05, 4.69) is 23.9 Å². The van der Waals surface area contributed by atoms with E-state index in [1.165, 1.54) is 16.2 Å². The number of aryl methyl sites for hydroxylation is 1. The van der Waals surface area contributed by atoms with Crippen LogP contribution in [0.4, 0.5) is 8.78 Å². The van der Waals surface area contributed by atoms with E-state index < -0.39 is 80.9 Å². The van der Waals surface area contributed by atoms with Crippen molar-refractivity contribution in [1.29, 1.82) is 0 Å². The highest BCUT2D eigenvalue weighted by atomic mass is 32.2. The molecule has 8 rings (SSSR count). The maximum Gasteiger partial charge on any atom is 0.265 e. The summed E-state index contributed by atoms with van der Waals surface area (Å²) in [4.78, 5) is 69.6. The van der Waals surface area contributed by atoms with E-state index >= 15 is 0 Å². The summed E-state index contributed by atoms with van der Waals surface area (Å²) in [6.07, 6.45) is 6.59. The highest BCUT2D eigenvalue weighted by Crippen LogP contribution is 2.46. The number of carbonyl (C=O) groups is 4. The van der Waals surface area contributed by atoms with Gasteiger partial charge in [-0.1, -0.05) is 38.8 Å². The quantitative estimate of drug-likeness (QED) is 0.216. The standard InChI is InChI=1S/C45H56F2N6O8S2/c1-26(2)41-49-34(24-62-41)33-21-37(32-15-16-36(60-4)27(3)39(32)48-33)61-30-20-35-40(55)50-45(43(57)51-63(58,59)31-13-14-31)22-29(45)12-9-7-5-6-8-11-28(42(56)53(35)23-30)19-38(54)52-18-10-17-44(46,47)25-52/h9,12,15-16,21,24,26,28-31,35H,5-8,10-11,13-14,17-20,22-23,25H2,1-4H3,(H,50,55)(H,51,57)/b12-9-/t28-,29?,30-,35+,45-/m1/s1. The molecule has 2 aromatic heterocycles. The topological polar surface area (TPSA) is 177 Å². The van der Waals surface area contributed by atoms with Gasteiger partial charge in [0.25, 0.3) is 11.8 Å². The molecule has 2 saturated heterocycles. The molecule has 14 nitrogen and oxygen atoms in total. The van der Waals surface area contributed by atoms with Gasteiger partial charge in [-0.05, 0) is 64.0 Å². The third-order valence-electron chi connectivity index (χ3n) is 13.1. The van der Waals surface area contributed by atoms with E-state index in [0.717, 1.165) is 21.9 Å². The maximum atomic E-state index is 14.9. The third kappa shape index (κ3) is 9.57. The fraction of sp³-hybridized carbons (Fsp3) is 0.600. The lowest BCUT2D eigenvalue weighted by atomic mass is 9.94. The minimum absolute atomic E-state index is 0.00233. The van der Waals surface area contributed by atoms with Crippen LogP contribution in [-0.2, 0) is 29.2 Å². The van der Waals surface area contributed by atoms with Crippen LogP contribution in [0.1, 0.15) is 107 Å². The highest BCUT2D eigenvalue weighted by molar-refractivity contribution is 7.91. The van der Waals surface area contributed by atoms with Gasteiger partial charge in [0, 0.05) is 66.0 Å². The molecule has 0 bridgehead atoms. The van der Waals surface area contributed by atoms with Crippen molar-refractivity contribution in [3.05, 3.63) is 46.3 Å². The summed E-state index contributed by atoms with van der Waals surface area (Å²) in [5, 5.41) is 5.77.